The number of aliphatic hydroxyl groups is 19. The van der Waals surface area contributed by atoms with Crippen molar-refractivity contribution in [2.45, 2.75) is 328 Å². The van der Waals surface area contributed by atoms with Crippen LogP contribution < -0.4 is 5.32 Å². The number of ether oxygens (including phenoxy) is 14. The second-order valence-electron chi connectivity index (χ2n) is 34.3. The zero-order valence-electron chi connectivity index (χ0n) is 62.6. The zero-order valence-corrected chi connectivity index (χ0v) is 62.6. The predicted molar refractivity (Wildman–Crippen MR) is 361 cm³/mol. The molecule has 7 heterocycles. The van der Waals surface area contributed by atoms with Crippen molar-refractivity contribution in [1.29, 1.82) is 0 Å². The molecule has 630 valence electrons. The molecule has 42 atom stereocenters. The summed E-state index contributed by atoms with van der Waals surface area (Å²) in [5, 5.41) is 225. The second-order valence-corrected chi connectivity index (χ2v) is 34.3. The molecule has 0 aromatic heterocycles. The van der Waals surface area contributed by atoms with Gasteiger partial charge in [-0.15, -0.1) is 0 Å². The Bertz CT molecular complexity index is 3220. The summed E-state index contributed by atoms with van der Waals surface area (Å²) in [6, 6.07) is -1.66. The van der Waals surface area contributed by atoms with E-state index in [4.69, 9.17) is 66.3 Å². The lowest BCUT2D eigenvalue weighted by atomic mass is 9.33. The minimum absolute atomic E-state index is 0.00708. The van der Waals surface area contributed by atoms with Crippen molar-refractivity contribution in [1.82, 2.24) is 5.32 Å². The molecule has 110 heavy (non-hydrogen) atoms. The summed E-state index contributed by atoms with van der Waals surface area (Å²) < 4.78 is 84.0. The first-order chi connectivity index (χ1) is 51.7. The molecule has 7 saturated heterocycles. The van der Waals surface area contributed by atoms with E-state index in [1.807, 2.05) is 20.8 Å². The fourth-order valence-corrected chi connectivity index (χ4v) is 20.7. The smallest absolute Gasteiger partial charge is 0.335 e. The number of aliphatic carboxylic acids is 1. The molecule has 1 amide bonds. The average molecular weight is 1590 g/mol. The van der Waals surface area contributed by atoms with Gasteiger partial charge in [0.25, 0.3) is 0 Å². The van der Waals surface area contributed by atoms with Crippen LogP contribution in [0, 0.1) is 50.2 Å². The molecule has 5 aliphatic carbocycles. The van der Waals surface area contributed by atoms with E-state index in [1.165, 1.54) is 6.92 Å². The van der Waals surface area contributed by atoms with Crippen molar-refractivity contribution in [3.63, 3.8) is 0 Å². The van der Waals surface area contributed by atoms with Crippen LogP contribution in [0.15, 0.2) is 11.6 Å². The summed E-state index contributed by atoms with van der Waals surface area (Å²) in [5.74, 6) is -5.09. The van der Waals surface area contributed by atoms with Crippen molar-refractivity contribution in [3.8, 4) is 0 Å². The summed E-state index contributed by atoms with van der Waals surface area (Å²) in [6.07, 6.45) is -52.9. The minimum Gasteiger partial charge on any atom is -0.479 e. The Morgan fingerprint density at radius 2 is 1.09 bits per heavy atom. The van der Waals surface area contributed by atoms with E-state index >= 15 is 4.79 Å². The number of carbonyl (C=O) groups is 3. The fraction of sp³-hybridized carbons (Fsp3) is 0.931. The molecule has 0 spiro atoms. The molecule has 7 aliphatic heterocycles. The quantitative estimate of drug-likeness (QED) is 0.0288. The van der Waals surface area contributed by atoms with Gasteiger partial charge in [0.15, 0.2) is 49.9 Å². The standard InChI is InChI=1S/C72H115NO37/c1-9-31-42(83)49(90)59(101-31)99-24-38(80)73-39-32(20-74)102-64(56(44(39)85)108-62-51(92)46(87)53(26(2)100-62)105-60-47(88)40(81)29(77)22-97-60)110-66(96)72-17-16-67(3,4)18-28(72)27-10-11-35-68(5)14-13-37(69(6,25-76)34(68)12-15-70(35,7)71(27,8)19-36(72)79)104-65-57(109-63-50(91)45(86)43(84)33(21-75)103-63)54(52(93)55(107-65)58(94)95)106-61-48(89)41(82)30(78)23-98-61/h10,26,28-37,39-57,59-65,74-79,81-93H,9,11-25H2,1-8H3,(H,73,80)(H,94,95)/t26?,28?,29-,30-,31?,32?,33?,34+,35?,36?,37-,39-,40?,41-,42?,43-,44?,45-,46?,47?,48?,49?,50?,51?,52+,53-,54-,55?,56?,57?,59+,60-,61-,62-,63-,64-,65+,68?,69+,70?,71?,72+/m0/s1. The maximum atomic E-state index is 16.1. The van der Waals surface area contributed by atoms with Gasteiger partial charge in [0.05, 0.1) is 63.5 Å². The van der Waals surface area contributed by atoms with Gasteiger partial charge in [-0.1, -0.05) is 60.1 Å². The number of aliphatic hydroxyl groups excluding tert-OH is 19. The van der Waals surface area contributed by atoms with E-state index in [2.05, 4.69) is 32.2 Å². The second kappa shape index (κ2) is 33.0. The molecule has 38 heteroatoms. The van der Waals surface area contributed by atoms with Crippen LogP contribution in [0.25, 0.3) is 0 Å². The molecule has 0 aromatic carbocycles. The number of hydrogen-bond donors (Lipinski definition) is 21. The van der Waals surface area contributed by atoms with Crippen LogP contribution in [0.5, 0.6) is 0 Å². The molecule has 22 unspecified atom stereocenters. The highest BCUT2D eigenvalue weighted by Gasteiger charge is 2.73. The van der Waals surface area contributed by atoms with Gasteiger partial charge in [-0.2, -0.15) is 0 Å². The maximum absolute atomic E-state index is 16.1. The van der Waals surface area contributed by atoms with Crippen molar-refractivity contribution in [2.24, 2.45) is 50.2 Å². The lowest BCUT2D eigenvalue weighted by Gasteiger charge is -2.72. The Balaban J connectivity index is 0.821. The van der Waals surface area contributed by atoms with Crippen molar-refractivity contribution >= 4 is 17.8 Å². The molecule has 0 bridgehead atoms. The Morgan fingerprint density at radius 1 is 0.527 bits per heavy atom. The number of allylic oxidation sites excluding steroid dienone is 2. The molecule has 11 fully saturated rings. The molecule has 38 nitrogen and oxygen atoms in total. The molecule has 0 radical (unpaired) electrons. The van der Waals surface area contributed by atoms with Crippen LogP contribution in [-0.2, 0) is 80.7 Å². The van der Waals surface area contributed by atoms with E-state index in [9.17, 15) is 112 Å². The van der Waals surface area contributed by atoms with Crippen LogP contribution in [0.4, 0.5) is 0 Å². The van der Waals surface area contributed by atoms with Gasteiger partial charge < -0.3 is 174 Å². The first kappa shape index (κ1) is 86.2. The summed E-state index contributed by atoms with van der Waals surface area (Å²) in [6.45, 7) is 11.1. The molecular formula is C72H115NO37. The number of rotatable bonds is 21. The highest BCUT2D eigenvalue weighted by molar-refractivity contribution is 5.80. The summed E-state index contributed by atoms with van der Waals surface area (Å²) in [4.78, 5) is 42.9. The molecule has 0 aromatic rings. The number of nitrogens with one attached hydrogen (secondary N) is 1. The van der Waals surface area contributed by atoms with Gasteiger partial charge in [-0.05, 0) is 111 Å². The Kier molecular flexibility index (Phi) is 25.9. The summed E-state index contributed by atoms with van der Waals surface area (Å²) >= 11 is 0. The monoisotopic (exact) mass is 1590 g/mol. The minimum atomic E-state index is -2.22. The number of fused-ring (bicyclic) bond motifs is 7. The van der Waals surface area contributed by atoms with Gasteiger partial charge in [-0.25, -0.2) is 4.79 Å². The SMILES string of the molecule is CCC1O[C@@H](OCC(=O)N[C@H]2C(CO)O[C@@H](OC(=O)[C@]34CCC(C)(C)CC3C3=CCC5C6(C)CC[C@H](O[C@@H]7OC(C(=O)O)[C@H](O)[C@H](O[C@@H]8OC[C@H](O)[C@H](O)C8O)C7O[C@@H]7OC(CO)[C@H](O)[C@H](O)C7O)[C@](C)(CO)[C@@H]6CCC5(C)C3(C)CC4O)C(O[C@@H]3OC(C)[C@H](O[C@@H]4OC[C@H](O)C(O)C4O)C(O)C3O)C2O)C(O)C1O. The van der Waals surface area contributed by atoms with Gasteiger partial charge in [0, 0.05) is 5.41 Å². The van der Waals surface area contributed by atoms with Crippen LogP contribution >= 0.6 is 0 Å². The van der Waals surface area contributed by atoms with E-state index in [-0.39, 0.29) is 31.6 Å². The van der Waals surface area contributed by atoms with E-state index in [0.717, 1.165) is 5.57 Å². The van der Waals surface area contributed by atoms with E-state index in [1.54, 1.807) is 6.92 Å². The van der Waals surface area contributed by atoms with E-state index < -0.39 is 311 Å². The van der Waals surface area contributed by atoms with Gasteiger partial charge in [0.2, 0.25) is 12.2 Å². The third-order valence-corrected chi connectivity index (χ3v) is 27.4. The highest BCUT2D eigenvalue weighted by atomic mass is 16.8. The Morgan fingerprint density at radius 3 is 1.70 bits per heavy atom. The number of amides is 1. The lowest BCUT2D eigenvalue weighted by Crippen LogP contribution is -2.70. The predicted octanol–water partition coefficient (Wildman–Crippen LogP) is -7.05. The average Bonchev–Trinajstić information content (AvgIpc) is 0.730. The third kappa shape index (κ3) is 15.1. The molecule has 12 aliphatic rings. The first-order valence-corrected chi connectivity index (χ1v) is 38.3. The van der Waals surface area contributed by atoms with Crippen molar-refractivity contribution in [3.05, 3.63) is 11.6 Å². The largest absolute Gasteiger partial charge is 0.479 e. The van der Waals surface area contributed by atoms with Crippen LogP contribution in [-0.4, -0.2) is 368 Å². The van der Waals surface area contributed by atoms with Crippen molar-refractivity contribution in [2.75, 3.05) is 39.6 Å². The number of carbonyl (C=O) groups excluding carboxylic acids is 2. The summed E-state index contributed by atoms with van der Waals surface area (Å²) in [5.41, 5.74) is -4.84. The molecular weight excluding hydrogens is 1470 g/mol. The number of carboxylic acids is 1. The third-order valence-electron chi connectivity index (χ3n) is 27.4. The molecule has 12 rings (SSSR count). The topological polar surface area (TPSA) is 597 Å². The van der Waals surface area contributed by atoms with Gasteiger partial charge in [0.1, 0.15) is 134 Å². The van der Waals surface area contributed by atoms with Crippen LogP contribution in [0.1, 0.15) is 120 Å². The van der Waals surface area contributed by atoms with Crippen LogP contribution in [0.2, 0.25) is 0 Å². The van der Waals surface area contributed by atoms with Gasteiger partial charge >= 0.3 is 11.9 Å². The molecule has 4 saturated carbocycles. The number of esters is 1. The lowest BCUT2D eigenvalue weighted by molar-refractivity contribution is -0.393. The highest BCUT2D eigenvalue weighted by Crippen LogP contribution is 2.76. The normalized spacial score (nSPS) is 53.0. The maximum Gasteiger partial charge on any atom is 0.335 e. The Hall–Kier alpha value is -3.13. The fourth-order valence-electron chi connectivity index (χ4n) is 20.7. The number of carboxylic acid groups (broad SMARTS) is 1. The van der Waals surface area contributed by atoms with Crippen LogP contribution in [0.3, 0.4) is 0 Å². The summed E-state index contributed by atoms with van der Waals surface area (Å²) in [7, 11) is 0. The molecule has 21 N–H and O–H groups in total. The Labute approximate surface area is 633 Å². The van der Waals surface area contributed by atoms with E-state index in [0.29, 0.717) is 38.5 Å². The van der Waals surface area contributed by atoms with Crippen molar-refractivity contribution < 1.29 is 183 Å². The first-order valence-electron chi connectivity index (χ1n) is 38.3. The zero-order chi connectivity index (χ0) is 80.3. The van der Waals surface area contributed by atoms with Gasteiger partial charge in [-0.3, -0.25) is 9.59 Å². The number of hydrogen-bond acceptors (Lipinski definition) is 36.